The highest BCUT2D eigenvalue weighted by Crippen LogP contribution is 2.37. The first kappa shape index (κ1) is 21.8. The summed E-state index contributed by atoms with van der Waals surface area (Å²) in [5.74, 6) is -1.99. The third-order valence-corrected chi connectivity index (χ3v) is 7.74. The molecule has 0 bridgehead atoms. The zero-order valence-electron chi connectivity index (χ0n) is 16.0. The summed E-state index contributed by atoms with van der Waals surface area (Å²) >= 11 is 7.08. The molecule has 0 fully saturated rings. The van der Waals surface area contributed by atoms with E-state index in [2.05, 4.69) is 17.1 Å². The molecule has 29 heavy (non-hydrogen) atoms. The fraction of sp³-hybridized carbons (Fsp3) is 0.368. The van der Waals surface area contributed by atoms with E-state index >= 15 is 0 Å². The number of anilines is 1. The molecule has 1 aromatic carbocycles. The van der Waals surface area contributed by atoms with Crippen LogP contribution in [-0.2, 0) is 32.3 Å². The second kappa shape index (κ2) is 8.83. The van der Waals surface area contributed by atoms with Gasteiger partial charge in [0.2, 0.25) is 5.91 Å². The molecule has 3 rings (SSSR count). The molecule has 1 aliphatic heterocycles. The van der Waals surface area contributed by atoms with Gasteiger partial charge in [0.05, 0.1) is 17.6 Å². The van der Waals surface area contributed by atoms with E-state index in [0.717, 1.165) is 23.5 Å². The number of methoxy groups -OCH3 is 1. The summed E-state index contributed by atoms with van der Waals surface area (Å²) in [6.07, 6.45) is 0.670. The van der Waals surface area contributed by atoms with Crippen molar-refractivity contribution in [3.05, 3.63) is 45.3 Å². The van der Waals surface area contributed by atoms with Gasteiger partial charge in [-0.1, -0.05) is 18.5 Å². The summed E-state index contributed by atoms with van der Waals surface area (Å²) in [5.41, 5.74) is 1.18. The van der Waals surface area contributed by atoms with Gasteiger partial charge in [-0.05, 0) is 42.8 Å². The SMILES string of the molecule is CCN1CCc2c(sc(NC(=O)CS(=O)(=O)c3ccc(Cl)cc3)c2C(=O)OC)C1. The third kappa shape index (κ3) is 4.80. The van der Waals surface area contributed by atoms with Crippen LogP contribution in [0.25, 0.3) is 0 Å². The summed E-state index contributed by atoms with van der Waals surface area (Å²) in [7, 11) is -2.56. The number of nitrogens with one attached hydrogen (secondary N) is 1. The summed E-state index contributed by atoms with van der Waals surface area (Å²) in [5, 5.41) is 3.34. The molecular formula is C19H21ClN2O5S2. The molecule has 1 amide bonds. The fourth-order valence-electron chi connectivity index (χ4n) is 3.19. The van der Waals surface area contributed by atoms with Crippen molar-refractivity contribution in [3.8, 4) is 0 Å². The second-order valence-electron chi connectivity index (χ2n) is 6.58. The number of rotatable bonds is 6. The van der Waals surface area contributed by atoms with Crippen LogP contribution < -0.4 is 5.32 Å². The molecule has 1 N–H and O–H groups in total. The van der Waals surface area contributed by atoms with E-state index in [-0.39, 0.29) is 4.90 Å². The smallest absolute Gasteiger partial charge is 0.341 e. The van der Waals surface area contributed by atoms with Gasteiger partial charge in [0.1, 0.15) is 10.8 Å². The molecule has 2 aromatic rings. The van der Waals surface area contributed by atoms with Crippen LogP contribution >= 0.6 is 22.9 Å². The number of likely N-dealkylation sites (N-methyl/N-ethyl adjacent to an activating group) is 1. The number of nitrogens with zero attached hydrogens (tertiary/aromatic N) is 1. The number of sulfone groups is 1. The number of halogens is 1. The third-order valence-electron chi connectivity index (χ3n) is 4.72. The number of benzene rings is 1. The van der Waals surface area contributed by atoms with Crippen LogP contribution in [0, 0.1) is 0 Å². The second-order valence-corrected chi connectivity index (χ2v) is 10.1. The zero-order valence-corrected chi connectivity index (χ0v) is 18.4. The molecule has 7 nitrogen and oxygen atoms in total. The highest BCUT2D eigenvalue weighted by molar-refractivity contribution is 7.92. The van der Waals surface area contributed by atoms with Crippen LogP contribution in [-0.4, -0.2) is 51.1 Å². The van der Waals surface area contributed by atoms with Crippen LogP contribution in [0.4, 0.5) is 5.00 Å². The van der Waals surface area contributed by atoms with E-state index in [0.29, 0.717) is 28.6 Å². The van der Waals surface area contributed by atoms with Crippen molar-refractivity contribution >= 4 is 49.7 Å². The van der Waals surface area contributed by atoms with Crippen LogP contribution in [0.2, 0.25) is 5.02 Å². The monoisotopic (exact) mass is 456 g/mol. The Morgan fingerprint density at radius 3 is 2.59 bits per heavy atom. The maximum absolute atomic E-state index is 12.5. The van der Waals surface area contributed by atoms with Crippen molar-refractivity contribution in [3.63, 3.8) is 0 Å². The van der Waals surface area contributed by atoms with Gasteiger partial charge in [0.25, 0.3) is 0 Å². The minimum Gasteiger partial charge on any atom is -0.465 e. The summed E-state index contributed by atoms with van der Waals surface area (Å²) in [6, 6.07) is 5.62. The van der Waals surface area contributed by atoms with Crippen molar-refractivity contribution in [2.24, 2.45) is 0 Å². The molecule has 0 atom stereocenters. The number of carbonyl (C=O) groups excluding carboxylic acids is 2. The van der Waals surface area contributed by atoms with E-state index in [9.17, 15) is 18.0 Å². The average molecular weight is 457 g/mol. The first-order chi connectivity index (χ1) is 13.7. The lowest BCUT2D eigenvalue weighted by Gasteiger charge is -2.25. The van der Waals surface area contributed by atoms with Gasteiger partial charge in [-0.2, -0.15) is 0 Å². The normalized spacial score (nSPS) is 14.3. The van der Waals surface area contributed by atoms with Crippen LogP contribution in [0.3, 0.4) is 0 Å². The maximum Gasteiger partial charge on any atom is 0.341 e. The van der Waals surface area contributed by atoms with E-state index < -0.39 is 27.5 Å². The molecule has 10 heteroatoms. The Morgan fingerprint density at radius 2 is 1.97 bits per heavy atom. The molecule has 0 saturated heterocycles. The molecule has 0 radical (unpaired) electrons. The van der Waals surface area contributed by atoms with E-state index in [1.165, 1.54) is 42.7 Å². The van der Waals surface area contributed by atoms with Gasteiger partial charge in [0, 0.05) is 23.0 Å². The molecule has 1 aliphatic rings. The van der Waals surface area contributed by atoms with Crippen molar-refractivity contribution < 1.29 is 22.7 Å². The number of carbonyl (C=O) groups is 2. The van der Waals surface area contributed by atoms with Crippen molar-refractivity contribution in [1.82, 2.24) is 4.90 Å². The van der Waals surface area contributed by atoms with E-state index in [4.69, 9.17) is 16.3 Å². The molecule has 2 heterocycles. The van der Waals surface area contributed by atoms with Gasteiger partial charge in [0.15, 0.2) is 9.84 Å². The van der Waals surface area contributed by atoms with Gasteiger partial charge in [-0.3, -0.25) is 9.69 Å². The van der Waals surface area contributed by atoms with Crippen LogP contribution in [0.1, 0.15) is 27.7 Å². The Hall–Kier alpha value is -1.94. The Bertz CT molecular complexity index is 1030. The topological polar surface area (TPSA) is 92.8 Å². The minimum atomic E-state index is -3.84. The number of amides is 1. The summed E-state index contributed by atoms with van der Waals surface area (Å²) in [6.45, 7) is 4.43. The van der Waals surface area contributed by atoms with Crippen LogP contribution in [0.15, 0.2) is 29.2 Å². The highest BCUT2D eigenvalue weighted by atomic mass is 35.5. The first-order valence-corrected chi connectivity index (χ1v) is 11.8. The van der Waals surface area contributed by atoms with Gasteiger partial charge in [-0.25, -0.2) is 13.2 Å². The minimum absolute atomic E-state index is 0.00861. The van der Waals surface area contributed by atoms with Gasteiger partial charge < -0.3 is 10.1 Å². The van der Waals surface area contributed by atoms with Crippen molar-refractivity contribution in [1.29, 1.82) is 0 Å². The molecule has 0 spiro atoms. The van der Waals surface area contributed by atoms with Crippen molar-refractivity contribution in [2.75, 3.05) is 31.3 Å². The molecule has 0 aliphatic carbocycles. The summed E-state index contributed by atoms with van der Waals surface area (Å²) in [4.78, 5) is 28.0. The Kier molecular flexibility index (Phi) is 6.62. The molecular weight excluding hydrogens is 436 g/mol. The largest absolute Gasteiger partial charge is 0.465 e. The van der Waals surface area contributed by atoms with Gasteiger partial charge in [-0.15, -0.1) is 11.3 Å². The Morgan fingerprint density at radius 1 is 1.28 bits per heavy atom. The predicted octanol–water partition coefficient (Wildman–Crippen LogP) is 2.98. The first-order valence-electron chi connectivity index (χ1n) is 8.98. The number of hydrogen-bond donors (Lipinski definition) is 1. The Balaban J connectivity index is 1.84. The maximum atomic E-state index is 12.5. The van der Waals surface area contributed by atoms with Crippen molar-refractivity contribution in [2.45, 2.75) is 24.8 Å². The summed E-state index contributed by atoms with van der Waals surface area (Å²) < 4.78 is 29.9. The number of esters is 1. The Labute approximate surface area is 178 Å². The van der Waals surface area contributed by atoms with Crippen LogP contribution in [0.5, 0.6) is 0 Å². The average Bonchev–Trinajstić information content (AvgIpc) is 3.03. The lowest BCUT2D eigenvalue weighted by atomic mass is 10.0. The number of thiophene rings is 1. The predicted molar refractivity (Wildman–Crippen MR) is 112 cm³/mol. The van der Waals surface area contributed by atoms with E-state index in [1.807, 2.05) is 0 Å². The number of ether oxygens (including phenoxy) is 1. The molecule has 156 valence electrons. The van der Waals surface area contributed by atoms with E-state index in [1.54, 1.807) is 0 Å². The van der Waals surface area contributed by atoms with Gasteiger partial charge >= 0.3 is 5.97 Å². The lowest BCUT2D eigenvalue weighted by molar-refractivity contribution is -0.113. The standard InChI is InChI=1S/C19H21ClN2O5S2/c1-3-22-9-8-14-15(10-22)28-18(17(14)19(24)27-2)21-16(23)11-29(25,26)13-6-4-12(20)5-7-13/h4-7H,3,8-11H2,1-2H3,(H,21,23). The quantitative estimate of drug-likeness (QED) is 0.672. The molecule has 0 unspecified atom stereocenters. The number of fused-ring (bicyclic) bond motifs is 1. The molecule has 1 aromatic heterocycles. The fourth-order valence-corrected chi connectivity index (χ4v) is 5.75. The lowest BCUT2D eigenvalue weighted by Crippen LogP contribution is -2.30. The highest BCUT2D eigenvalue weighted by Gasteiger charge is 2.29. The zero-order chi connectivity index (χ0) is 21.2. The number of hydrogen-bond acceptors (Lipinski definition) is 7. The molecule has 0 saturated carbocycles.